The Morgan fingerprint density at radius 2 is 2.14 bits per heavy atom. The van der Waals surface area contributed by atoms with Crippen LogP contribution in [0.5, 0.6) is 0 Å². The van der Waals surface area contributed by atoms with Crippen molar-refractivity contribution in [2.75, 3.05) is 20.6 Å². The van der Waals surface area contributed by atoms with E-state index in [0.717, 1.165) is 6.54 Å². The van der Waals surface area contributed by atoms with E-state index in [1.54, 1.807) is 6.92 Å². The summed E-state index contributed by atoms with van der Waals surface area (Å²) in [5.74, 6) is 1.26. The summed E-state index contributed by atoms with van der Waals surface area (Å²) in [7, 11) is 4.10. The van der Waals surface area contributed by atoms with Crippen LogP contribution in [0.25, 0.3) is 0 Å². The van der Waals surface area contributed by atoms with Crippen LogP contribution < -0.4 is 5.32 Å². The first-order valence-electron chi connectivity index (χ1n) is 4.75. The van der Waals surface area contributed by atoms with Crippen LogP contribution in [0.1, 0.15) is 18.7 Å². The highest BCUT2D eigenvalue weighted by atomic mass is 16.4. The summed E-state index contributed by atoms with van der Waals surface area (Å²) < 4.78 is 5.24. The number of nitrogens with zero attached hydrogens (tertiary/aromatic N) is 3. The third-order valence-electron chi connectivity index (χ3n) is 1.81. The number of aromatic nitrogens is 2. The molecule has 0 fully saturated rings. The van der Waals surface area contributed by atoms with Crippen molar-refractivity contribution in [3.63, 3.8) is 0 Å². The molecule has 1 aromatic heterocycles. The third-order valence-corrected chi connectivity index (χ3v) is 1.81. The quantitative estimate of drug-likeness (QED) is 0.743. The highest BCUT2D eigenvalue weighted by Crippen LogP contribution is 1.97. The minimum atomic E-state index is 0.414. The molecule has 14 heavy (non-hydrogen) atoms. The smallest absolute Gasteiger partial charge is 0.230 e. The van der Waals surface area contributed by atoms with E-state index in [-0.39, 0.29) is 0 Å². The van der Waals surface area contributed by atoms with Gasteiger partial charge in [0.1, 0.15) is 0 Å². The second-order valence-corrected chi connectivity index (χ2v) is 3.76. The Morgan fingerprint density at radius 3 is 2.64 bits per heavy atom. The first-order valence-corrected chi connectivity index (χ1v) is 4.75. The number of nitrogens with one attached hydrogen (secondary N) is 1. The lowest BCUT2D eigenvalue weighted by Gasteiger charge is -2.17. The lowest BCUT2D eigenvalue weighted by atomic mass is 10.3. The van der Waals surface area contributed by atoms with Crippen LogP contribution in [0.3, 0.4) is 0 Å². The molecule has 80 valence electrons. The van der Waals surface area contributed by atoms with Gasteiger partial charge in [0, 0.05) is 19.5 Å². The lowest BCUT2D eigenvalue weighted by molar-refractivity contribution is 0.337. The van der Waals surface area contributed by atoms with Crippen molar-refractivity contribution in [2.24, 2.45) is 0 Å². The second-order valence-electron chi connectivity index (χ2n) is 3.76. The molecule has 1 aromatic rings. The van der Waals surface area contributed by atoms with E-state index >= 15 is 0 Å². The maximum absolute atomic E-state index is 5.24. The van der Waals surface area contributed by atoms with E-state index in [1.165, 1.54) is 0 Å². The largest absolute Gasteiger partial charge is 0.424 e. The Labute approximate surface area is 84.5 Å². The summed E-state index contributed by atoms with van der Waals surface area (Å²) in [6.07, 6.45) is 0. The van der Waals surface area contributed by atoms with Crippen LogP contribution >= 0.6 is 0 Å². The molecule has 5 heteroatoms. The van der Waals surface area contributed by atoms with Crippen molar-refractivity contribution in [1.82, 2.24) is 20.4 Å². The second kappa shape index (κ2) is 5.07. The minimum Gasteiger partial charge on any atom is -0.424 e. The lowest BCUT2D eigenvalue weighted by Crippen LogP contribution is -2.35. The van der Waals surface area contributed by atoms with Gasteiger partial charge in [-0.25, -0.2) is 0 Å². The number of hydrogen-bond acceptors (Lipinski definition) is 5. The monoisotopic (exact) mass is 198 g/mol. The summed E-state index contributed by atoms with van der Waals surface area (Å²) in [6.45, 7) is 5.55. The third kappa shape index (κ3) is 3.85. The zero-order chi connectivity index (χ0) is 10.6. The van der Waals surface area contributed by atoms with Crippen molar-refractivity contribution in [1.29, 1.82) is 0 Å². The molecule has 0 aliphatic heterocycles. The molecule has 0 saturated carbocycles. The molecule has 0 saturated heterocycles. The van der Waals surface area contributed by atoms with Gasteiger partial charge in [-0.15, -0.1) is 10.2 Å². The molecule has 1 unspecified atom stereocenters. The molecule has 5 nitrogen and oxygen atoms in total. The Bertz CT molecular complexity index is 272. The molecule has 0 aromatic carbocycles. The van der Waals surface area contributed by atoms with Gasteiger partial charge in [0.05, 0.1) is 6.54 Å². The average Bonchev–Trinajstić information content (AvgIpc) is 2.47. The SMILES string of the molecule is Cc1nnc(CNC(C)CN(C)C)o1. The van der Waals surface area contributed by atoms with Gasteiger partial charge < -0.3 is 14.6 Å². The van der Waals surface area contributed by atoms with E-state index in [4.69, 9.17) is 4.42 Å². The summed E-state index contributed by atoms with van der Waals surface area (Å²) in [6, 6.07) is 0.414. The molecule has 1 atom stereocenters. The summed E-state index contributed by atoms with van der Waals surface area (Å²) in [4.78, 5) is 2.14. The van der Waals surface area contributed by atoms with Gasteiger partial charge in [0.15, 0.2) is 0 Å². The van der Waals surface area contributed by atoms with Crippen molar-refractivity contribution < 1.29 is 4.42 Å². The van der Waals surface area contributed by atoms with Crippen LogP contribution in [0.2, 0.25) is 0 Å². The first-order chi connectivity index (χ1) is 6.58. The Hall–Kier alpha value is -0.940. The molecule has 0 spiro atoms. The summed E-state index contributed by atoms with van der Waals surface area (Å²) in [5, 5.41) is 11.0. The molecule has 0 radical (unpaired) electrons. The van der Waals surface area contributed by atoms with Crippen molar-refractivity contribution in [3.05, 3.63) is 11.8 Å². The molecule has 1 N–H and O–H groups in total. The van der Waals surface area contributed by atoms with Crippen LogP contribution in [0.15, 0.2) is 4.42 Å². The normalized spacial score (nSPS) is 13.5. The topological polar surface area (TPSA) is 54.2 Å². The Morgan fingerprint density at radius 1 is 1.43 bits per heavy atom. The molecular formula is C9H18N4O. The highest BCUT2D eigenvalue weighted by molar-refractivity contribution is 4.79. The Balaban J connectivity index is 2.26. The van der Waals surface area contributed by atoms with Gasteiger partial charge in [0.25, 0.3) is 0 Å². The van der Waals surface area contributed by atoms with Crippen LogP contribution in [-0.4, -0.2) is 41.8 Å². The molecule has 1 heterocycles. The van der Waals surface area contributed by atoms with E-state index < -0.39 is 0 Å². The van der Waals surface area contributed by atoms with Crippen molar-refractivity contribution in [3.8, 4) is 0 Å². The summed E-state index contributed by atoms with van der Waals surface area (Å²) >= 11 is 0. The van der Waals surface area contributed by atoms with Gasteiger partial charge in [0.2, 0.25) is 11.8 Å². The van der Waals surface area contributed by atoms with Gasteiger partial charge in [-0.05, 0) is 21.0 Å². The number of likely N-dealkylation sites (N-methyl/N-ethyl adjacent to an activating group) is 1. The Kier molecular flexibility index (Phi) is 4.03. The van der Waals surface area contributed by atoms with Crippen molar-refractivity contribution >= 4 is 0 Å². The fourth-order valence-corrected chi connectivity index (χ4v) is 1.28. The molecule has 0 aliphatic rings. The van der Waals surface area contributed by atoms with Gasteiger partial charge in [-0.1, -0.05) is 0 Å². The predicted octanol–water partition coefficient (Wildman–Crippen LogP) is 0.418. The van der Waals surface area contributed by atoms with Gasteiger partial charge in [-0.3, -0.25) is 0 Å². The van der Waals surface area contributed by atoms with E-state index in [1.807, 2.05) is 0 Å². The van der Waals surface area contributed by atoms with E-state index in [2.05, 4.69) is 41.4 Å². The molecule has 0 bridgehead atoms. The number of hydrogen-bond donors (Lipinski definition) is 1. The van der Waals surface area contributed by atoms with Crippen LogP contribution in [0.4, 0.5) is 0 Å². The fraction of sp³-hybridized carbons (Fsp3) is 0.778. The van der Waals surface area contributed by atoms with Gasteiger partial charge in [-0.2, -0.15) is 0 Å². The highest BCUT2D eigenvalue weighted by Gasteiger charge is 2.06. The zero-order valence-corrected chi connectivity index (χ0v) is 9.24. The predicted molar refractivity (Wildman–Crippen MR) is 53.9 cm³/mol. The van der Waals surface area contributed by atoms with Gasteiger partial charge >= 0.3 is 0 Å². The molecule has 1 rings (SSSR count). The average molecular weight is 198 g/mol. The molecular weight excluding hydrogens is 180 g/mol. The summed E-state index contributed by atoms with van der Waals surface area (Å²) in [5.41, 5.74) is 0. The van der Waals surface area contributed by atoms with Crippen molar-refractivity contribution in [2.45, 2.75) is 26.4 Å². The van der Waals surface area contributed by atoms with E-state index in [0.29, 0.717) is 24.4 Å². The maximum atomic E-state index is 5.24. The fourth-order valence-electron chi connectivity index (χ4n) is 1.28. The first kappa shape index (κ1) is 11.1. The number of rotatable bonds is 5. The number of aryl methyl sites for hydroxylation is 1. The molecule has 0 aliphatic carbocycles. The zero-order valence-electron chi connectivity index (χ0n) is 9.24. The van der Waals surface area contributed by atoms with E-state index in [9.17, 15) is 0 Å². The minimum absolute atomic E-state index is 0.414. The standard InChI is InChI=1S/C9H18N4O/c1-7(6-13(3)4)10-5-9-12-11-8(2)14-9/h7,10H,5-6H2,1-4H3. The maximum Gasteiger partial charge on any atom is 0.230 e. The molecule has 0 amide bonds. The van der Waals surface area contributed by atoms with Crippen LogP contribution in [-0.2, 0) is 6.54 Å². The van der Waals surface area contributed by atoms with Crippen LogP contribution in [0, 0.1) is 6.92 Å².